The molecule has 31 heavy (non-hydrogen) atoms. The van der Waals surface area contributed by atoms with Crippen molar-refractivity contribution in [3.8, 4) is 0 Å². The molecule has 0 saturated heterocycles. The third-order valence-electron chi connectivity index (χ3n) is 5.21. The van der Waals surface area contributed by atoms with Gasteiger partial charge in [0.05, 0.1) is 32.1 Å². The number of aliphatic hydroxyl groups is 1. The van der Waals surface area contributed by atoms with E-state index in [2.05, 4.69) is 10.0 Å². The Bertz CT molecular complexity index is 1100. The second-order valence-corrected chi connectivity index (χ2v) is 10.2. The third-order valence-corrected chi connectivity index (χ3v) is 7.28. The fourth-order valence-electron chi connectivity index (χ4n) is 3.43. The summed E-state index contributed by atoms with van der Waals surface area (Å²) in [5.41, 5.74) is -1.51. The number of carbonyl (C=O) groups excluding carboxylic acids is 1. The molecule has 1 aliphatic carbocycles. The lowest BCUT2D eigenvalue weighted by molar-refractivity contribution is -0.00220. The van der Waals surface area contributed by atoms with Crippen molar-refractivity contribution in [3.05, 3.63) is 57.6 Å². The quantitative estimate of drug-likeness (QED) is 0.535. The number of sulfonamides is 1. The van der Waals surface area contributed by atoms with Gasteiger partial charge < -0.3 is 10.4 Å². The van der Waals surface area contributed by atoms with E-state index in [1.54, 1.807) is 6.92 Å². The van der Waals surface area contributed by atoms with E-state index in [0.29, 0.717) is 12.8 Å². The molecular formula is C20H20Cl2F2N2O4S. The van der Waals surface area contributed by atoms with Gasteiger partial charge in [0.25, 0.3) is 5.91 Å². The molecule has 1 fully saturated rings. The SMILES string of the molecule is CC1(O)CCCCC1NS(=O)(=O)c1ccc(Cl)c(C(=O)Nc2cc(F)c(F)c(Cl)c2)c1. The van der Waals surface area contributed by atoms with Crippen LogP contribution in [0, 0.1) is 11.6 Å². The van der Waals surface area contributed by atoms with Gasteiger partial charge >= 0.3 is 0 Å². The molecule has 6 nitrogen and oxygen atoms in total. The normalized spacial score (nSPS) is 21.7. The minimum absolute atomic E-state index is 0.0465. The molecule has 3 N–H and O–H groups in total. The highest BCUT2D eigenvalue weighted by atomic mass is 35.5. The Hall–Kier alpha value is -1.78. The van der Waals surface area contributed by atoms with Gasteiger partial charge in [0, 0.05) is 11.8 Å². The first kappa shape index (κ1) is 23.9. The maximum atomic E-state index is 13.5. The van der Waals surface area contributed by atoms with Crippen LogP contribution in [0.15, 0.2) is 35.2 Å². The number of nitrogens with one attached hydrogen (secondary N) is 2. The van der Waals surface area contributed by atoms with E-state index < -0.39 is 44.2 Å². The average Bonchev–Trinajstić information content (AvgIpc) is 2.67. The van der Waals surface area contributed by atoms with Gasteiger partial charge in [0.1, 0.15) is 0 Å². The molecule has 2 aromatic carbocycles. The molecule has 0 radical (unpaired) electrons. The van der Waals surface area contributed by atoms with Crippen LogP contribution in [0.4, 0.5) is 14.5 Å². The first-order chi connectivity index (χ1) is 14.4. The monoisotopic (exact) mass is 492 g/mol. The van der Waals surface area contributed by atoms with Crippen molar-refractivity contribution in [1.29, 1.82) is 0 Å². The smallest absolute Gasteiger partial charge is 0.257 e. The second-order valence-electron chi connectivity index (χ2n) is 7.63. The van der Waals surface area contributed by atoms with Crippen molar-refractivity contribution >= 4 is 44.8 Å². The Morgan fingerprint density at radius 1 is 1.16 bits per heavy atom. The van der Waals surface area contributed by atoms with Gasteiger partial charge in [-0.2, -0.15) is 0 Å². The molecule has 3 rings (SSSR count). The molecular weight excluding hydrogens is 473 g/mol. The van der Waals surface area contributed by atoms with Crippen LogP contribution in [-0.4, -0.2) is 31.1 Å². The molecule has 2 aromatic rings. The van der Waals surface area contributed by atoms with Crippen LogP contribution in [0.25, 0.3) is 0 Å². The number of hydrogen-bond donors (Lipinski definition) is 3. The molecule has 1 amide bonds. The maximum Gasteiger partial charge on any atom is 0.257 e. The topological polar surface area (TPSA) is 95.5 Å². The minimum Gasteiger partial charge on any atom is -0.389 e. The summed E-state index contributed by atoms with van der Waals surface area (Å²) in [6.07, 6.45) is 2.51. The second kappa shape index (κ2) is 8.99. The van der Waals surface area contributed by atoms with Gasteiger partial charge in [-0.3, -0.25) is 4.79 Å². The van der Waals surface area contributed by atoms with Crippen LogP contribution in [0.5, 0.6) is 0 Å². The van der Waals surface area contributed by atoms with E-state index in [1.807, 2.05) is 0 Å². The van der Waals surface area contributed by atoms with Gasteiger partial charge in [0.2, 0.25) is 10.0 Å². The van der Waals surface area contributed by atoms with Crippen molar-refractivity contribution < 1.29 is 27.1 Å². The predicted octanol–water partition coefficient (Wildman–Crippen LogP) is 4.50. The number of anilines is 1. The first-order valence-corrected chi connectivity index (χ1v) is 11.6. The molecule has 1 saturated carbocycles. The van der Waals surface area contributed by atoms with Gasteiger partial charge in [-0.25, -0.2) is 21.9 Å². The average molecular weight is 493 g/mol. The Balaban J connectivity index is 1.86. The highest BCUT2D eigenvalue weighted by Gasteiger charge is 2.37. The van der Waals surface area contributed by atoms with Crippen LogP contribution in [0.2, 0.25) is 10.0 Å². The summed E-state index contributed by atoms with van der Waals surface area (Å²) in [6.45, 7) is 1.58. The lowest BCUT2D eigenvalue weighted by Gasteiger charge is -2.37. The number of amides is 1. The molecule has 0 heterocycles. The highest BCUT2D eigenvalue weighted by Crippen LogP contribution is 2.30. The van der Waals surface area contributed by atoms with Crippen LogP contribution >= 0.6 is 23.2 Å². The molecule has 0 aliphatic heterocycles. The van der Waals surface area contributed by atoms with E-state index in [1.165, 1.54) is 12.1 Å². The number of hydrogen-bond acceptors (Lipinski definition) is 4. The fourth-order valence-corrected chi connectivity index (χ4v) is 5.24. The number of rotatable bonds is 5. The molecule has 2 atom stereocenters. The fraction of sp³-hybridized carbons (Fsp3) is 0.350. The van der Waals surface area contributed by atoms with Crippen LogP contribution in [0.1, 0.15) is 43.0 Å². The molecule has 11 heteroatoms. The number of benzene rings is 2. The van der Waals surface area contributed by atoms with Crippen molar-refractivity contribution in [2.45, 2.75) is 49.1 Å². The lowest BCUT2D eigenvalue weighted by atomic mass is 9.82. The zero-order chi connectivity index (χ0) is 23.0. The Labute approximate surface area is 188 Å². The molecule has 0 spiro atoms. The molecule has 2 unspecified atom stereocenters. The van der Waals surface area contributed by atoms with Crippen molar-refractivity contribution in [1.82, 2.24) is 4.72 Å². The summed E-state index contributed by atoms with van der Waals surface area (Å²) in [4.78, 5) is 12.4. The summed E-state index contributed by atoms with van der Waals surface area (Å²) in [7, 11) is -4.07. The van der Waals surface area contributed by atoms with Crippen molar-refractivity contribution in [3.63, 3.8) is 0 Å². The van der Waals surface area contributed by atoms with Crippen molar-refractivity contribution in [2.75, 3.05) is 5.32 Å². The summed E-state index contributed by atoms with van der Waals surface area (Å²) < 4.78 is 55.1. The third kappa shape index (κ3) is 5.35. The Morgan fingerprint density at radius 3 is 2.52 bits per heavy atom. The van der Waals surface area contributed by atoms with Crippen LogP contribution in [-0.2, 0) is 10.0 Å². The Kier molecular flexibility index (Phi) is 6.93. The van der Waals surface area contributed by atoms with E-state index in [4.69, 9.17) is 23.2 Å². The molecule has 0 bridgehead atoms. The highest BCUT2D eigenvalue weighted by molar-refractivity contribution is 7.89. The van der Waals surface area contributed by atoms with Gasteiger partial charge in [-0.05, 0) is 44.0 Å². The first-order valence-electron chi connectivity index (χ1n) is 9.41. The maximum absolute atomic E-state index is 13.5. The lowest BCUT2D eigenvalue weighted by Crippen LogP contribution is -2.52. The van der Waals surface area contributed by atoms with E-state index in [-0.39, 0.29) is 21.2 Å². The summed E-state index contributed by atoms with van der Waals surface area (Å²) in [5.74, 6) is -3.35. The zero-order valence-corrected chi connectivity index (χ0v) is 18.7. The van der Waals surface area contributed by atoms with E-state index in [9.17, 15) is 27.1 Å². The minimum atomic E-state index is -4.07. The Morgan fingerprint density at radius 2 is 1.87 bits per heavy atom. The number of halogens is 4. The number of carbonyl (C=O) groups is 1. The summed E-state index contributed by atoms with van der Waals surface area (Å²) in [5, 5.41) is 12.2. The standard InChI is InChI=1S/C20H20Cl2F2N2O4S/c1-20(28)7-3-2-4-17(20)26-31(29,30)12-5-6-14(21)13(10-12)19(27)25-11-8-15(22)18(24)16(23)9-11/h5-6,8-10,17,26,28H,2-4,7H2,1H3,(H,25,27). The summed E-state index contributed by atoms with van der Waals surface area (Å²) in [6, 6.07) is 4.61. The molecule has 0 aromatic heterocycles. The van der Waals surface area contributed by atoms with Crippen molar-refractivity contribution in [2.24, 2.45) is 0 Å². The van der Waals surface area contributed by atoms with Crippen LogP contribution < -0.4 is 10.0 Å². The molecule has 1 aliphatic rings. The van der Waals surface area contributed by atoms with Crippen LogP contribution in [0.3, 0.4) is 0 Å². The van der Waals surface area contributed by atoms with E-state index >= 15 is 0 Å². The largest absolute Gasteiger partial charge is 0.389 e. The zero-order valence-electron chi connectivity index (χ0n) is 16.4. The predicted molar refractivity (Wildman–Crippen MR) is 114 cm³/mol. The van der Waals surface area contributed by atoms with Gasteiger partial charge in [0.15, 0.2) is 11.6 Å². The summed E-state index contributed by atoms with van der Waals surface area (Å²) >= 11 is 11.6. The molecule has 168 valence electrons. The van der Waals surface area contributed by atoms with Gasteiger partial charge in [-0.15, -0.1) is 0 Å². The van der Waals surface area contributed by atoms with E-state index in [0.717, 1.165) is 31.0 Å². The van der Waals surface area contributed by atoms with Gasteiger partial charge in [-0.1, -0.05) is 36.0 Å².